The maximum Gasteiger partial charge on any atom is 0.336 e. The molecule has 4 nitrogen and oxygen atoms in total. The molecular formula is C13H24O4. The molecule has 0 aliphatic carbocycles. The van der Waals surface area contributed by atoms with E-state index >= 15 is 0 Å². The van der Waals surface area contributed by atoms with Gasteiger partial charge in [-0.05, 0) is 41.5 Å². The molecule has 0 saturated heterocycles. The van der Waals surface area contributed by atoms with Gasteiger partial charge in [0, 0.05) is 0 Å². The number of hydrogen-bond acceptors (Lipinski definition) is 4. The third-order valence-electron chi connectivity index (χ3n) is 1.54. The number of carbonyl (C=O) groups excluding carboxylic acids is 1. The van der Waals surface area contributed by atoms with E-state index in [1.165, 1.54) is 0 Å². The lowest BCUT2D eigenvalue weighted by molar-refractivity contribution is -0.152. The van der Waals surface area contributed by atoms with E-state index in [1.807, 2.05) is 41.5 Å². The van der Waals surface area contributed by atoms with Crippen LogP contribution in [0.25, 0.3) is 0 Å². The molecule has 4 heteroatoms. The van der Waals surface area contributed by atoms with E-state index in [0.717, 1.165) is 0 Å². The van der Waals surface area contributed by atoms with Crippen LogP contribution in [0.15, 0.2) is 12.2 Å². The number of carbonyl (C=O) groups is 1. The quantitative estimate of drug-likeness (QED) is 0.323. The van der Waals surface area contributed by atoms with E-state index in [-0.39, 0.29) is 24.6 Å². The van der Waals surface area contributed by atoms with Crippen molar-refractivity contribution in [2.24, 2.45) is 0 Å². The molecule has 0 aliphatic rings. The van der Waals surface area contributed by atoms with Crippen LogP contribution in [0.5, 0.6) is 0 Å². The van der Waals surface area contributed by atoms with Crippen LogP contribution in [0, 0.1) is 0 Å². The highest BCUT2D eigenvalue weighted by Crippen LogP contribution is 2.11. The van der Waals surface area contributed by atoms with E-state index in [9.17, 15) is 4.79 Å². The molecule has 17 heavy (non-hydrogen) atoms. The van der Waals surface area contributed by atoms with Gasteiger partial charge in [-0.1, -0.05) is 6.58 Å². The zero-order valence-electron chi connectivity index (χ0n) is 11.8. The Balaban J connectivity index is 3.84. The molecule has 0 atom stereocenters. The van der Waals surface area contributed by atoms with Gasteiger partial charge >= 0.3 is 5.97 Å². The van der Waals surface area contributed by atoms with Gasteiger partial charge in [0.15, 0.2) is 0 Å². The van der Waals surface area contributed by atoms with E-state index in [1.54, 1.807) is 0 Å². The van der Waals surface area contributed by atoms with Gasteiger partial charge in [-0.3, -0.25) is 0 Å². The second-order valence-corrected chi connectivity index (χ2v) is 5.83. The Morgan fingerprint density at radius 1 is 1.06 bits per heavy atom. The van der Waals surface area contributed by atoms with Crippen molar-refractivity contribution < 1.29 is 19.0 Å². The van der Waals surface area contributed by atoms with Crippen LogP contribution >= 0.6 is 0 Å². The highest BCUT2D eigenvalue weighted by molar-refractivity contribution is 5.88. The zero-order chi connectivity index (χ0) is 13.7. The average Bonchev–Trinajstić information content (AvgIpc) is 2.07. The van der Waals surface area contributed by atoms with E-state index < -0.39 is 11.6 Å². The van der Waals surface area contributed by atoms with Gasteiger partial charge in [-0.2, -0.15) is 0 Å². The van der Waals surface area contributed by atoms with Crippen LogP contribution in [-0.4, -0.2) is 30.6 Å². The molecule has 0 aromatic rings. The van der Waals surface area contributed by atoms with Crippen LogP contribution in [0.1, 0.15) is 41.5 Å². The first-order chi connectivity index (χ1) is 7.51. The molecule has 100 valence electrons. The predicted octanol–water partition coefficient (Wildman–Crippen LogP) is 2.67. The maximum absolute atomic E-state index is 11.5. The second kappa shape index (κ2) is 6.17. The minimum absolute atomic E-state index is 0.116. The molecule has 0 unspecified atom stereocenters. The highest BCUT2D eigenvalue weighted by Gasteiger charge is 2.18. The summed E-state index contributed by atoms with van der Waals surface area (Å²) in [5.41, 5.74) is -0.479. The maximum atomic E-state index is 11.5. The van der Waals surface area contributed by atoms with Crippen molar-refractivity contribution in [2.75, 3.05) is 13.4 Å². The minimum Gasteiger partial charge on any atom is -0.457 e. The number of ether oxygens (including phenoxy) is 3. The Morgan fingerprint density at radius 3 is 2.00 bits per heavy atom. The van der Waals surface area contributed by atoms with Crippen LogP contribution in [0.2, 0.25) is 0 Å². The van der Waals surface area contributed by atoms with Crippen molar-refractivity contribution in [1.82, 2.24) is 0 Å². The second-order valence-electron chi connectivity index (χ2n) is 5.83. The summed E-state index contributed by atoms with van der Waals surface area (Å²) in [7, 11) is 0. The molecule has 0 fully saturated rings. The van der Waals surface area contributed by atoms with Gasteiger partial charge in [0.2, 0.25) is 0 Å². The molecule has 0 aromatic heterocycles. The normalized spacial score (nSPS) is 12.4. The first-order valence-corrected chi connectivity index (χ1v) is 5.64. The van der Waals surface area contributed by atoms with E-state index in [4.69, 9.17) is 14.2 Å². The lowest BCUT2D eigenvalue weighted by Gasteiger charge is -2.21. The van der Waals surface area contributed by atoms with Crippen molar-refractivity contribution in [1.29, 1.82) is 0 Å². The highest BCUT2D eigenvalue weighted by atomic mass is 16.7. The van der Waals surface area contributed by atoms with E-state index in [2.05, 4.69) is 6.58 Å². The lowest BCUT2D eigenvalue weighted by atomic mass is 10.2. The fraction of sp³-hybridized carbons (Fsp3) is 0.769. The van der Waals surface area contributed by atoms with Crippen LogP contribution in [0.3, 0.4) is 0 Å². The molecule has 0 heterocycles. The average molecular weight is 244 g/mol. The topological polar surface area (TPSA) is 44.8 Å². The summed E-state index contributed by atoms with van der Waals surface area (Å²) in [5.74, 6) is -0.437. The Kier molecular flexibility index (Phi) is 5.85. The van der Waals surface area contributed by atoms with Gasteiger partial charge in [-0.15, -0.1) is 0 Å². The Labute approximate surface area is 104 Å². The minimum atomic E-state index is -0.512. The largest absolute Gasteiger partial charge is 0.457 e. The van der Waals surface area contributed by atoms with Crippen molar-refractivity contribution in [2.45, 2.75) is 52.7 Å². The SMILES string of the molecule is C=C(COCOC(C)(C)C)C(=O)OC(C)(C)C. The number of esters is 1. The molecule has 0 aromatic carbocycles. The summed E-state index contributed by atoms with van der Waals surface area (Å²) >= 11 is 0. The van der Waals surface area contributed by atoms with Gasteiger partial charge < -0.3 is 14.2 Å². The summed E-state index contributed by atoms with van der Waals surface area (Å²) in [6.45, 7) is 15.1. The molecule has 0 spiro atoms. The monoisotopic (exact) mass is 244 g/mol. The summed E-state index contributed by atoms with van der Waals surface area (Å²) in [4.78, 5) is 11.5. The molecule has 0 saturated carbocycles. The third kappa shape index (κ3) is 10.0. The molecule has 0 N–H and O–H groups in total. The summed E-state index contributed by atoms with van der Waals surface area (Å²) < 4.78 is 15.7. The van der Waals surface area contributed by atoms with Crippen LogP contribution in [0.4, 0.5) is 0 Å². The summed E-state index contributed by atoms with van der Waals surface area (Å²) in [6, 6.07) is 0. The zero-order valence-corrected chi connectivity index (χ0v) is 11.8. The molecule has 0 aliphatic heterocycles. The summed E-state index contributed by atoms with van der Waals surface area (Å²) in [6.07, 6.45) is 0. The standard InChI is InChI=1S/C13H24O4/c1-10(11(14)17-13(5,6)7)8-15-9-16-12(2,3)4/h1,8-9H2,2-7H3. The van der Waals surface area contributed by atoms with Crippen LogP contribution in [-0.2, 0) is 19.0 Å². The van der Waals surface area contributed by atoms with Crippen molar-refractivity contribution in [3.8, 4) is 0 Å². The van der Waals surface area contributed by atoms with Gasteiger partial charge in [-0.25, -0.2) is 4.79 Å². The molecule has 0 radical (unpaired) electrons. The van der Waals surface area contributed by atoms with Crippen LogP contribution < -0.4 is 0 Å². The Hall–Kier alpha value is -0.870. The fourth-order valence-electron chi connectivity index (χ4n) is 0.792. The van der Waals surface area contributed by atoms with Gasteiger partial charge in [0.1, 0.15) is 12.4 Å². The van der Waals surface area contributed by atoms with Crippen molar-refractivity contribution >= 4 is 5.97 Å². The fourth-order valence-corrected chi connectivity index (χ4v) is 0.792. The molecule has 0 rings (SSSR count). The number of hydrogen-bond donors (Lipinski definition) is 0. The third-order valence-corrected chi connectivity index (χ3v) is 1.54. The Bertz CT molecular complexity index is 268. The van der Waals surface area contributed by atoms with Crippen molar-refractivity contribution in [3.63, 3.8) is 0 Å². The molecular weight excluding hydrogens is 220 g/mol. The first-order valence-electron chi connectivity index (χ1n) is 5.64. The van der Waals surface area contributed by atoms with E-state index in [0.29, 0.717) is 0 Å². The van der Waals surface area contributed by atoms with Gasteiger partial charge in [0.05, 0.1) is 17.8 Å². The van der Waals surface area contributed by atoms with Gasteiger partial charge in [0.25, 0.3) is 0 Å². The smallest absolute Gasteiger partial charge is 0.336 e. The number of rotatable bonds is 5. The summed E-state index contributed by atoms with van der Waals surface area (Å²) in [5, 5.41) is 0. The Morgan fingerprint density at radius 2 is 1.59 bits per heavy atom. The molecule has 0 amide bonds. The molecule has 0 bridgehead atoms. The predicted molar refractivity (Wildman–Crippen MR) is 66.6 cm³/mol. The van der Waals surface area contributed by atoms with Crippen molar-refractivity contribution in [3.05, 3.63) is 12.2 Å². The first kappa shape index (κ1) is 16.1. The lowest BCUT2D eigenvalue weighted by Crippen LogP contribution is -2.26.